The highest BCUT2D eigenvalue weighted by molar-refractivity contribution is 7.92. The smallest absolute Gasteiger partial charge is 0.229 e. The highest BCUT2D eigenvalue weighted by Crippen LogP contribution is 2.33. The second-order valence-corrected chi connectivity index (χ2v) is 9.23. The first-order valence-electron chi connectivity index (χ1n) is 7.94. The molecule has 2 aromatic rings. The minimum Gasteiger partial charge on any atom is -0.337 e. The summed E-state index contributed by atoms with van der Waals surface area (Å²) in [6, 6.07) is 7.36. The van der Waals surface area contributed by atoms with Gasteiger partial charge in [-0.2, -0.15) is 0 Å². The van der Waals surface area contributed by atoms with Crippen molar-refractivity contribution in [3.05, 3.63) is 29.1 Å². The van der Waals surface area contributed by atoms with E-state index in [1.807, 2.05) is 12.1 Å². The minimum absolute atomic E-state index is 0.566. The molecule has 0 aliphatic carbocycles. The number of benzene rings is 1. The van der Waals surface area contributed by atoms with E-state index in [1.54, 1.807) is 28.4 Å². The summed E-state index contributed by atoms with van der Waals surface area (Å²) < 4.78 is 25.0. The topological polar surface area (TPSA) is 66.7 Å². The van der Waals surface area contributed by atoms with Crippen LogP contribution in [0.5, 0.6) is 0 Å². The van der Waals surface area contributed by atoms with Gasteiger partial charge >= 0.3 is 0 Å². The van der Waals surface area contributed by atoms with Gasteiger partial charge in [-0.25, -0.2) is 13.4 Å². The molecule has 8 heteroatoms. The summed E-state index contributed by atoms with van der Waals surface area (Å²) in [5, 5.41) is 1.08. The van der Waals surface area contributed by atoms with Crippen molar-refractivity contribution in [2.24, 2.45) is 0 Å². The number of quaternary nitrogens is 1. The van der Waals surface area contributed by atoms with E-state index in [9.17, 15) is 8.42 Å². The number of sulfonamides is 1. The molecule has 2 N–H and O–H groups in total. The fourth-order valence-corrected chi connectivity index (χ4v) is 4.32. The second kappa shape index (κ2) is 6.70. The minimum atomic E-state index is -3.25. The molecule has 2 heterocycles. The van der Waals surface area contributed by atoms with Crippen molar-refractivity contribution in [2.45, 2.75) is 6.92 Å². The lowest BCUT2D eigenvalue weighted by Gasteiger charge is -2.29. The summed E-state index contributed by atoms with van der Waals surface area (Å²) >= 11 is 1.73. The van der Waals surface area contributed by atoms with Gasteiger partial charge < -0.3 is 9.80 Å². The molecular formula is C16H23N4O2S2+. The third-order valence-corrected chi connectivity index (χ3v) is 5.77. The summed E-state index contributed by atoms with van der Waals surface area (Å²) in [6.07, 6.45) is 1.15. The first-order valence-corrected chi connectivity index (χ1v) is 10.6. The van der Waals surface area contributed by atoms with E-state index in [2.05, 4.69) is 23.6 Å². The number of hydrogen-bond donors (Lipinski definition) is 2. The van der Waals surface area contributed by atoms with Gasteiger partial charge in [0.15, 0.2) is 5.13 Å². The normalized spacial score (nSPS) is 16.4. The van der Waals surface area contributed by atoms with Gasteiger partial charge in [0.05, 0.1) is 45.2 Å². The maximum absolute atomic E-state index is 11.3. The number of rotatable bonds is 4. The Hall–Kier alpha value is -1.64. The Kier molecular flexibility index (Phi) is 4.80. The van der Waals surface area contributed by atoms with Crippen LogP contribution in [-0.4, -0.2) is 52.9 Å². The molecular weight excluding hydrogens is 344 g/mol. The Morgan fingerprint density at radius 1 is 1.21 bits per heavy atom. The van der Waals surface area contributed by atoms with Crippen molar-refractivity contribution in [1.29, 1.82) is 0 Å². The molecule has 1 aliphatic rings. The standard InChI is InChI=1S/C16H22N4O2S2/c1-12-15(13-4-6-14(7-5-13)18-24(3,21)22)17-16(23-12)20-10-8-19(2)9-11-20/h4-7,18H,8-11H2,1-3H3/p+1. The number of aryl methyl sites for hydroxylation is 1. The lowest BCUT2D eigenvalue weighted by molar-refractivity contribution is -0.880. The Morgan fingerprint density at radius 3 is 2.42 bits per heavy atom. The zero-order valence-corrected chi connectivity index (χ0v) is 15.8. The molecule has 0 atom stereocenters. The van der Waals surface area contributed by atoms with E-state index in [0.29, 0.717) is 5.69 Å². The molecule has 0 bridgehead atoms. The Labute approximate surface area is 147 Å². The van der Waals surface area contributed by atoms with Crippen molar-refractivity contribution in [3.63, 3.8) is 0 Å². The van der Waals surface area contributed by atoms with Crippen LogP contribution < -0.4 is 14.5 Å². The average molecular weight is 368 g/mol. The van der Waals surface area contributed by atoms with E-state index >= 15 is 0 Å². The second-order valence-electron chi connectivity index (χ2n) is 6.30. The largest absolute Gasteiger partial charge is 0.337 e. The summed E-state index contributed by atoms with van der Waals surface area (Å²) in [4.78, 5) is 9.93. The van der Waals surface area contributed by atoms with Crippen molar-refractivity contribution < 1.29 is 13.3 Å². The molecule has 0 unspecified atom stereocenters. The molecule has 1 saturated heterocycles. The molecule has 1 aliphatic heterocycles. The quantitative estimate of drug-likeness (QED) is 0.840. The predicted molar refractivity (Wildman–Crippen MR) is 99.6 cm³/mol. The van der Waals surface area contributed by atoms with Crippen LogP contribution in [0.1, 0.15) is 4.88 Å². The van der Waals surface area contributed by atoms with Crippen LogP contribution in [0.2, 0.25) is 0 Å². The van der Waals surface area contributed by atoms with E-state index in [4.69, 9.17) is 4.98 Å². The number of hydrogen-bond acceptors (Lipinski definition) is 5. The predicted octanol–water partition coefficient (Wildman–Crippen LogP) is 0.825. The number of anilines is 2. The maximum atomic E-state index is 11.3. The third kappa shape index (κ3) is 4.06. The molecule has 3 rings (SSSR count). The van der Waals surface area contributed by atoms with Gasteiger partial charge in [-0.1, -0.05) is 12.1 Å². The maximum Gasteiger partial charge on any atom is 0.229 e. The van der Waals surface area contributed by atoms with Crippen LogP contribution in [0, 0.1) is 6.92 Å². The molecule has 24 heavy (non-hydrogen) atoms. The Bertz CT molecular complexity index is 807. The number of piperazine rings is 1. The molecule has 0 radical (unpaired) electrons. The van der Waals surface area contributed by atoms with E-state index in [-0.39, 0.29) is 0 Å². The molecule has 0 spiro atoms. The zero-order valence-electron chi connectivity index (χ0n) is 14.2. The zero-order chi connectivity index (χ0) is 17.3. The Morgan fingerprint density at radius 2 is 1.83 bits per heavy atom. The third-order valence-electron chi connectivity index (χ3n) is 4.13. The van der Waals surface area contributed by atoms with E-state index in [1.165, 1.54) is 4.88 Å². The van der Waals surface area contributed by atoms with E-state index < -0.39 is 10.0 Å². The van der Waals surface area contributed by atoms with Crippen LogP contribution in [0.3, 0.4) is 0 Å². The number of thiazole rings is 1. The molecule has 1 aromatic carbocycles. The summed E-state index contributed by atoms with van der Waals surface area (Å²) in [6.45, 7) is 6.44. The van der Waals surface area contributed by atoms with Crippen LogP contribution in [-0.2, 0) is 10.0 Å². The van der Waals surface area contributed by atoms with Crippen molar-refractivity contribution in [1.82, 2.24) is 4.98 Å². The van der Waals surface area contributed by atoms with Crippen LogP contribution >= 0.6 is 11.3 Å². The molecule has 130 valence electrons. The molecule has 0 saturated carbocycles. The first-order chi connectivity index (χ1) is 11.3. The molecule has 1 aromatic heterocycles. The summed E-state index contributed by atoms with van der Waals surface area (Å²) in [7, 11) is -1.03. The van der Waals surface area contributed by atoms with Crippen LogP contribution in [0.15, 0.2) is 24.3 Å². The SMILES string of the molecule is Cc1sc(N2CC[NH+](C)CC2)nc1-c1ccc(NS(C)(=O)=O)cc1. The highest BCUT2D eigenvalue weighted by atomic mass is 32.2. The van der Waals surface area contributed by atoms with Crippen LogP contribution in [0.25, 0.3) is 11.3 Å². The monoisotopic (exact) mass is 367 g/mol. The van der Waals surface area contributed by atoms with Gasteiger partial charge in [-0.3, -0.25) is 4.72 Å². The number of nitrogens with zero attached hydrogens (tertiary/aromatic N) is 2. The van der Waals surface area contributed by atoms with E-state index in [0.717, 1.165) is 48.8 Å². The summed E-state index contributed by atoms with van der Waals surface area (Å²) in [5.41, 5.74) is 2.55. The number of aromatic nitrogens is 1. The summed E-state index contributed by atoms with van der Waals surface area (Å²) in [5.74, 6) is 0. The lowest BCUT2D eigenvalue weighted by Crippen LogP contribution is -3.12. The van der Waals surface area contributed by atoms with Gasteiger partial charge in [-0.15, -0.1) is 11.3 Å². The fraction of sp³-hybridized carbons (Fsp3) is 0.438. The Balaban J connectivity index is 1.80. The van der Waals surface area contributed by atoms with Crippen molar-refractivity contribution in [2.75, 3.05) is 49.1 Å². The van der Waals surface area contributed by atoms with Gasteiger partial charge in [0.25, 0.3) is 0 Å². The first kappa shape index (κ1) is 17.2. The van der Waals surface area contributed by atoms with Crippen molar-refractivity contribution >= 4 is 32.2 Å². The van der Waals surface area contributed by atoms with Gasteiger partial charge in [0.1, 0.15) is 0 Å². The highest BCUT2D eigenvalue weighted by Gasteiger charge is 2.21. The van der Waals surface area contributed by atoms with Gasteiger partial charge in [0.2, 0.25) is 10.0 Å². The average Bonchev–Trinajstić information content (AvgIpc) is 2.89. The molecule has 0 amide bonds. The van der Waals surface area contributed by atoms with Crippen molar-refractivity contribution in [3.8, 4) is 11.3 Å². The van der Waals surface area contributed by atoms with Gasteiger partial charge in [-0.05, 0) is 19.1 Å². The molecule has 1 fully saturated rings. The van der Waals surface area contributed by atoms with Gasteiger partial charge in [0, 0.05) is 16.1 Å². The molecule has 6 nitrogen and oxygen atoms in total. The van der Waals surface area contributed by atoms with Crippen LogP contribution in [0.4, 0.5) is 10.8 Å². The fourth-order valence-electron chi connectivity index (χ4n) is 2.78. The number of likely N-dealkylation sites (N-methyl/N-ethyl adjacent to an activating group) is 1. The number of nitrogens with one attached hydrogen (secondary N) is 2. The lowest BCUT2D eigenvalue weighted by atomic mass is 10.1.